The van der Waals surface area contributed by atoms with Crippen molar-refractivity contribution in [1.29, 1.82) is 0 Å². The number of thioether (sulfide) groups is 1. The lowest BCUT2D eigenvalue weighted by atomic mass is 10.3. The molecule has 0 aromatic carbocycles. The van der Waals surface area contributed by atoms with E-state index < -0.39 is 5.97 Å². The highest BCUT2D eigenvalue weighted by atomic mass is 32.2. The van der Waals surface area contributed by atoms with Crippen molar-refractivity contribution >= 4 is 23.6 Å². The van der Waals surface area contributed by atoms with E-state index in [-0.39, 0.29) is 25.2 Å². The van der Waals surface area contributed by atoms with Gasteiger partial charge >= 0.3 is 5.97 Å². The number of aliphatic carboxylic acids is 1. The molecule has 7 heteroatoms. The normalized spacial score (nSPS) is 20.1. The zero-order valence-corrected chi connectivity index (χ0v) is 9.01. The fourth-order valence-corrected chi connectivity index (χ4v) is 2.03. The first-order valence-electron chi connectivity index (χ1n) is 4.58. The second-order valence-corrected chi connectivity index (χ2v) is 4.04. The summed E-state index contributed by atoms with van der Waals surface area (Å²) in [6, 6.07) is -0.130. The molecule has 3 N–H and O–H groups in total. The molecule has 0 aromatic rings. The molecule has 1 rings (SSSR count). The van der Waals surface area contributed by atoms with Crippen LogP contribution in [0.2, 0.25) is 0 Å². The van der Waals surface area contributed by atoms with Gasteiger partial charge in [0.25, 0.3) is 0 Å². The van der Waals surface area contributed by atoms with E-state index in [1.807, 2.05) is 0 Å². The van der Waals surface area contributed by atoms with Gasteiger partial charge in [-0.3, -0.25) is 10.1 Å². The maximum atomic E-state index is 11.4. The van der Waals surface area contributed by atoms with Crippen LogP contribution in [0, 0.1) is 0 Å². The summed E-state index contributed by atoms with van der Waals surface area (Å²) in [7, 11) is 0. The molecule has 1 saturated heterocycles. The van der Waals surface area contributed by atoms with Crippen LogP contribution >= 0.6 is 11.8 Å². The van der Waals surface area contributed by atoms with E-state index in [2.05, 4.69) is 10.6 Å². The highest BCUT2D eigenvalue weighted by Gasteiger charge is 2.21. The largest absolute Gasteiger partial charge is 0.480 e. The number of ether oxygens (including phenoxy) is 1. The van der Waals surface area contributed by atoms with Crippen LogP contribution in [0.15, 0.2) is 0 Å². The van der Waals surface area contributed by atoms with Crippen LogP contribution in [-0.4, -0.2) is 54.4 Å². The number of carbonyl (C=O) groups excluding carboxylic acids is 1. The molecule has 1 aliphatic heterocycles. The Morgan fingerprint density at radius 1 is 1.60 bits per heavy atom. The van der Waals surface area contributed by atoms with Crippen molar-refractivity contribution in [1.82, 2.24) is 10.6 Å². The number of carboxylic acids is 1. The Kier molecular flexibility index (Phi) is 5.44. The predicted octanol–water partition coefficient (Wildman–Crippen LogP) is -1.13. The molecule has 0 spiro atoms. The Balaban J connectivity index is 1.99. The first-order valence-corrected chi connectivity index (χ1v) is 5.74. The van der Waals surface area contributed by atoms with Gasteiger partial charge in [0, 0.05) is 18.2 Å². The van der Waals surface area contributed by atoms with E-state index >= 15 is 0 Å². The molecule has 1 aliphatic rings. The van der Waals surface area contributed by atoms with E-state index in [0.29, 0.717) is 6.54 Å². The predicted molar refractivity (Wildman–Crippen MR) is 55.7 cm³/mol. The molecule has 0 aliphatic carbocycles. The third kappa shape index (κ3) is 5.01. The molecule has 1 amide bonds. The van der Waals surface area contributed by atoms with Crippen LogP contribution in [0.3, 0.4) is 0 Å². The van der Waals surface area contributed by atoms with Crippen molar-refractivity contribution in [2.45, 2.75) is 6.04 Å². The Bertz CT molecular complexity index is 231. The molecule has 1 atom stereocenters. The van der Waals surface area contributed by atoms with E-state index in [4.69, 9.17) is 9.84 Å². The first-order chi connectivity index (χ1) is 7.20. The summed E-state index contributed by atoms with van der Waals surface area (Å²) >= 11 is 1.68. The van der Waals surface area contributed by atoms with Crippen LogP contribution in [0.5, 0.6) is 0 Å². The standard InChI is InChI=1S/C8H14N2O4S/c11-7(12)3-14-2-1-9-8(13)6-4-15-5-10-6/h6,10H,1-5H2,(H,9,13)(H,11,12). The number of nitrogens with one attached hydrogen (secondary N) is 2. The van der Waals surface area contributed by atoms with Crippen molar-refractivity contribution in [3.8, 4) is 0 Å². The molecule has 0 saturated carbocycles. The van der Waals surface area contributed by atoms with Gasteiger partial charge in [-0.25, -0.2) is 4.79 Å². The van der Waals surface area contributed by atoms with Crippen molar-refractivity contribution in [3.05, 3.63) is 0 Å². The smallest absolute Gasteiger partial charge is 0.329 e. The monoisotopic (exact) mass is 234 g/mol. The van der Waals surface area contributed by atoms with Crippen molar-refractivity contribution < 1.29 is 19.4 Å². The van der Waals surface area contributed by atoms with Gasteiger partial charge in [0.05, 0.1) is 12.6 Å². The minimum Gasteiger partial charge on any atom is -0.480 e. The van der Waals surface area contributed by atoms with Crippen LogP contribution in [0.4, 0.5) is 0 Å². The van der Waals surface area contributed by atoms with E-state index in [9.17, 15) is 9.59 Å². The molecule has 86 valence electrons. The quantitative estimate of drug-likeness (QED) is 0.504. The van der Waals surface area contributed by atoms with Gasteiger partial charge in [0.1, 0.15) is 6.61 Å². The van der Waals surface area contributed by atoms with Gasteiger partial charge in [-0.1, -0.05) is 0 Å². The fraction of sp³-hybridized carbons (Fsp3) is 0.750. The zero-order chi connectivity index (χ0) is 11.1. The molecule has 0 radical (unpaired) electrons. The molecule has 1 unspecified atom stereocenters. The van der Waals surface area contributed by atoms with Gasteiger partial charge in [-0.15, -0.1) is 11.8 Å². The highest BCUT2D eigenvalue weighted by Crippen LogP contribution is 2.08. The van der Waals surface area contributed by atoms with Crippen molar-refractivity contribution in [2.75, 3.05) is 31.4 Å². The summed E-state index contributed by atoms with van der Waals surface area (Å²) in [5.74, 6) is 0.518. The molecular weight excluding hydrogens is 220 g/mol. The van der Waals surface area contributed by atoms with E-state index in [1.165, 1.54) is 0 Å². The number of amides is 1. The second kappa shape index (κ2) is 6.65. The van der Waals surface area contributed by atoms with Crippen LogP contribution in [0.1, 0.15) is 0 Å². The van der Waals surface area contributed by atoms with E-state index in [1.54, 1.807) is 11.8 Å². The topological polar surface area (TPSA) is 87.7 Å². The SMILES string of the molecule is O=C(O)COCCNC(=O)C1CSCN1. The molecule has 15 heavy (non-hydrogen) atoms. The number of hydrogen-bond acceptors (Lipinski definition) is 5. The summed E-state index contributed by atoms with van der Waals surface area (Å²) in [4.78, 5) is 21.5. The maximum Gasteiger partial charge on any atom is 0.329 e. The van der Waals surface area contributed by atoms with Gasteiger partial charge in [-0.2, -0.15) is 0 Å². The minimum absolute atomic E-state index is 0.0566. The number of carbonyl (C=O) groups is 2. The third-order valence-electron chi connectivity index (χ3n) is 1.80. The van der Waals surface area contributed by atoms with Crippen molar-refractivity contribution in [2.24, 2.45) is 0 Å². The fourth-order valence-electron chi connectivity index (χ4n) is 1.09. The molecule has 0 aromatic heterocycles. The Hall–Kier alpha value is -0.790. The Morgan fingerprint density at radius 3 is 3.00 bits per heavy atom. The van der Waals surface area contributed by atoms with Gasteiger partial charge in [0.15, 0.2) is 0 Å². The Labute approximate surface area is 91.7 Å². The highest BCUT2D eigenvalue weighted by molar-refractivity contribution is 7.99. The summed E-state index contributed by atoms with van der Waals surface area (Å²) in [5.41, 5.74) is 0. The summed E-state index contributed by atoms with van der Waals surface area (Å²) < 4.78 is 4.77. The van der Waals surface area contributed by atoms with Gasteiger partial charge < -0.3 is 15.2 Å². The maximum absolute atomic E-state index is 11.4. The molecule has 1 fully saturated rings. The van der Waals surface area contributed by atoms with Crippen LogP contribution in [0.25, 0.3) is 0 Å². The lowest BCUT2D eigenvalue weighted by molar-refractivity contribution is -0.142. The molecule has 6 nitrogen and oxygen atoms in total. The molecule has 0 bridgehead atoms. The van der Waals surface area contributed by atoms with Crippen LogP contribution in [-0.2, 0) is 14.3 Å². The number of hydrogen-bond donors (Lipinski definition) is 3. The summed E-state index contributed by atoms with van der Waals surface area (Å²) in [6.07, 6.45) is 0. The molecular formula is C8H14N2O4S. The average molecular weight is 234 g/mol. The zero-order valence-electron chi connectivity index (χ0n) is 8.19. The van der Waals surface area contributed by atoms with Gasteiger partial charge in [0.2, 0.25) is 5.91 Å². The average Bonchev–Trinajstić information content (AvgIpc) is 2.69. The third-order valence-corrected chi connectivity index (χ3v) is 2.74. The molecule has 1 heterocycles. The van der Waals surface area contributed by atoms with E-state index in [0.717, 1.165) is 11.6 Å². The first kappa shape index (κ1) is 12.3. The summed E-state index contributed by atoms with van der Waals surface area (Å²) in [5, 5.41) is 14.0. The Morgan fingerprint density at radius 2 is 2.40 bits per heavy atom. The minimum atomic E-state index is -1.00. The number of carboxylic acid groups (broad SMARTS) is 1. The van der Waals surface area contributed by atoms with Gasteiger partial charge in [-0.05, 0) is 0 Å². The van der Waals surface area contributed by atoms with Crippen molar-refractivity contribution in [3.63, 3.8) is 0 Å². The summed E-state index contributed by atoms with van der Waals surface area (Å²) in [6.45, 7) is 0.236. The second-order valence-electron chi connectivity index (χ2n) is 3.01. The lowest BCUT2D eigenvalue weighted by Crippen LogP contribution is -2.43. The lowest BCUT2D eigenvalue weighted by Gasteiger charge is -2.09. The number of rotatable bonds is 6. The van der Waals surface area contributed by atoms with Crippen LogP contribution < -0.4 is 10.6 Å².